The second-order valence-electron chi connectivity index (χ2n) is 7.49. The molecule has 21 heavy (non-hydrogen) atoms. The summed E-state index contributed by atoms with van der Waals surface area (Å²) in [5, 5.41) is 16.1. The largest absolute Gasteiger partial charge is 0.391 e. The third-order valence-electron chi connectivity index (χ3n) is 4.08. The maximum absolute atomic E-state index is 11.9. The lowest BCUT2D eigenvalue weighted by molar-refractivity contribution is -0.122. The van der Waals surface area contributed by atoms with Crippen molar-refractivity contribution in [3.8, 4) is 0 Å². The van der Waals surface area contributed by atoms with Crippen LogP contribution in [0, 0.1) is 17.3 Å². The summed E-state index contributed by atoms with van der Waals surface area (Å²) in [5.74, 6) is 1.15. The number of nitrogens with one attached hydrogen (secondary N) is 2. The van der Waals surface area contributed by atoms with Gasteiger partial charge in [0.05, 0.1) is 6.10 Å². The quantitative estimate of drug-likeness (QED) is 0.704. The number of amides is 1. The van der Waals surface area contributed by atoms with Gasteiger partial charge in [-0.15, -0.1) is 12.4 Å². The standard InChI is InChI=1S/C16H32N2O2.ClH/c1-12(13-5-7-17-8-6-13)9-15(20)18-11-14(19)10-16(2,3)4;/h12-14,17,19H,5-11H2,1-4H3,(H,18,20);1H. The minimum absolute atomic E-state index is 0. The Labute approximate surface area is 135 Å². The monoisotopic (exact) mass is 320 g/mol. The Bertz CT molecular complexity index is 299. The highest BCUT2D eigenvalue weighted by Gasteiger charge is 2.22. The zero-order valence-corrected chi connectivity index (χ0v) is 14.8. The zero-order valence-electron chi connectivity index (χ0n) is 13.9. The topological polar surface area (TPSA) is 61.4 Å². The Morgan fingerprint density at radius 3 is 2.43 bits per heavy atom. The SMILES string of the molecule is CC(CC(=O)NCC(O)CC(C)(C)C)C1CCNCC1.Cl. The second-order valence-corrected chi connectivity index (χ2v) is 7.49. The highest BCUT2D eigenvalue weighted by molar-refractivity contribution is 5.85. The Kier molecular flexibility index (Phi) is 9.50. The number of hydrogen-bond acceptors (Lipinski definition) is 3. The van der Waals surface area contributed by atoms with Crippen LogP contribution in [0.3, 0.4) is 0 Å². The second kappa shape index (κ2) is 9.65. The predicted octanol–water partition coefficient (Wildman–Crippen LogP) is 2.35. The molecule has 126 valence electrons. The van der Waals surface area contributed by atoms with Crippen molar-refractivity contribution in [2.75, 3.05) is 19.6 Å². The summed E-state index contributed by atoms with van der Waals surface area (Å²) < 4.78 is 0. The molecule has 1 aliphatic heterocycles. The number of halogens is 1. The van der Waals surface area contributed by atoms with E-state index in [1.165, 1.54) is 12.8 Å². The van der Waals surface area contributed by atoms with E-state index in [-0.39, 0.29) is 23.7 Å². The van der Waals surface area contributed by atoms with E-state index in [1.807, 2.05) is 0 Å². The van der Waals surface area contributed by atoms with Crippen molar-refractivity contribution in [1.29, 1.82) is 0 Å². The summed E-state index contributed by atoms with van der Waals surface area (Å²) in [6, 6.07) is 0. The van der Waals surface area contributed by atoms with Gasteiger partial charge < -0.3 is 15.7 Å². The van der Waals surface area contributed by atoms with Crippen LogP contribution in [0.1, 0.15) is 53.4 Å². The minimum Gasteiger partial charge on any atom is -0.391 e. The molecule has 0 bridgehead atoms. The van der Waals surface area contributed by atoms with E-state index in [1.54, 1.807) is 0 Å². The van der Waals surface area contributed by atoms with E-state index < -0.39 is 6.10 Å². The number of piperidine rings is 1. The van der Waals surface area contributed by atoms with Gasteiger partial charge >= 0.3 is 0 Å². The smallest absolute Gasteiger partial charge is 0.220 e. The predicted molar refractivity (Wildman–Crippen MR) is 89.7 cm³/mol. The number of rotatable bonds is 6. The van der Waals surface area contributed by atoms with Crippen LogP contribution < -0.4 is 10.6 Å². The molecule has 1 aliphatic rings. The molecule has 0 aromatic heterocycles. The molecule has 0 aromatic rings. The van der Waals surface area contributed by atoms with Crippen molar-refractivity contribution in [3.05, 3.63) is 0 Å². The number of carbonyl (C=O) groups excluding carboxylic acids is 1. The fourth-order valence-electron chi connectivity index (χ4n) is 2.96. The number of aliphatic hydroxyl groups is 1. The minimum atomic E-state index is -0.451. The Morgan fingerprint density at radius 2 is 1.90 bits per heavy atom. The van der Waals surface area contributed by atoms with Gasteiger partial charge in [-0.1, -0.05) is 27.7 Å². The lowest BCUT2D eigenvalue weighted by Gasteiger charge is -2.28. The summed E-state index contributed by atoms with van der Waals surface area (Å²) in [7, 11) is 0. The van der Waals surface area contributed by atoms with E-state index >= 15 is 0 Å². The van der Waals surface area contributed by atoms with Crippen LogP contribution in [-0.2, 0) is 4.79 Å². The van der Waals surface area contributed by atoms with Crippen LogP contribution in [0.4, 0.5) is 0 Å². The maximum Gasteiger partial charge on any atom is 0.220 e. The van der Waals surface area contributed by atoms with Crippen molar-refractivity contribution < 1.29 is 9.90 Å². The highest BCUT2D eigenvalue weighted by Crippen LogP contribution is 2.24. The van der Waals surface area contributed by atoms with Gasteiger partial charge in [0, 0.05) is 13.0 Å². The van der Waals surface area contributed by atoms with E-state index in [4.69, 9.17) is 0 Å². The first-order valence-electron chi connectivity index (χ1n) is 7.93. The van der Waals surface area contributed by atoms with Gasteiger partial charge in [0.15, 0.2) is 0 Å². The molecule has 2 atom stereocenters. The van der Waals surface area contributed by atoms with Gasteiger partial charge in [0.1, 0.15) is 0 Å². The molecular formula is C16H33ClN2O2. The third kappa shape index (κ3) is 9.33. The molecule has 1 heterocycles. The lowest BCUT2D eigenvalue weighted by atomic mass is 9.84. The fourth-order valence-corrected chi connectivity index (χ4v) is 2.96. The van der Waals surface area contributed by atoms with Gasteiger partial charge in [0.25, 0.3) is 0 Å². The summed E-state index contributed by atoms with van der Waals surface area (Å²) >= 11 is 0. The number of aliphatic hydroxyl groups excluding tert-OH is 1. The third-order valence-corrected chi connectivity index (χ3v) is 4.08. The average Bonchev–Trinajstić information content (AvgIpc) is 2.35. The molecule has 2 unspecified atom stereocenters. The number of hydrogen-bond donors (Lipinski definition) is 3. The van der Waals surface area contributed by atoms with Crippen LogP contribution in [0.15, 0.2) is 0 Å². The average molecular weight is 321 g/mol. The van der Waals surface area contributed by atoms with Crippen LogP contribution in [0.5, 0.6) is 0 Å². The van der Waals surface area contributed by atoms with Crippen molar-refractivity contribution in [3.63, 3.8) is 0 Å². The maximum atomic E-state index is 11.9. The van der Waals surface area contributed by atoms with Crippen molar-refractivity contribution in [2.24, 2.45) is 17.3 Å². The molecule has 1 amide bonds. The van der Waals surface area contributed by atoms with Gasteiger partial charge in [-0.3, -0.25) is 4.79 Å². The first kappa shape index (κ1) is 20.7. The molecule has 0 radical (unpaired) electrons. The molecular weight excluding hydrogens is 288 g/mol. The zero-order chi connectivity index (χ0) is 15.2. The normalized spacial score (nSPS) is 19.5. The Morgan fingerprint density at radius 1 is 1.33 bits per heavy atom. The number of carbonyl (C=O) groups is 1. The summed E-state index contributed by atoms with van der Waals surface area (Å²) in [6.07, 6.45) is 3.17. The van der Waals surface area contributed by atoms with Gasteiger partial charge in [-0.2, -0.15) is 0 Å². The first-order valence-corrected chi connectivity index (χ1v) is 7.93. The molecule has 5 heteroatoms. The molecule has 3 N–H and O–H groups in total. The van der Waals surface area contributed by atoms with E-state index in [0.29, 0.717) is 31.2 Å². The van der Waals surface area contributed by atoms with Crippen molar-refractivity contribution in [2.45, 2.75) is 59.5 Å². The van der Waals surface area contributed by atoms with E-state index in [0.717, 1.165) is 13.1 Å². The molecule has 1 saturated heterocycles. The molecule has 1 fully saturated rings. The van der Waals surface area contributed by atoms with Gasteiger partial charge in [-0.25, -0.2) is 0 Å². The van der Waals surface area contributed by atoms with Crippen LogP contribution in [0.25, 0.3) is 0 Å². The summed E-state index contributed by atoms with van der Waals surface area (Å²) in [6.45, 7) is 11.0. The molecule has 4 nitrogen and oxygen atoms in total. The van der Waals surface area contributed by atoms with Crippen LogP contribution in [0.2, 0.25) is 0 Å². The van der Waals surface area contributed by atoms with E-state index in [2.05, 4.69) is 38.3 Å². The van der Waals surface area contributed by atoms with Gasteiger partial charge in [0.2, 0.25) is 5.91 Å². The Balaban J connectivity index is 0.00000400. The first-order chi connectivity index (χ1) is 9.28. The Hall–Kier alpha value is -0.320. The van der Waals surface area contributed by atoms with E-state index in [9.17, 15) is 9.90 Å². The molecule has 0 saturated carbocycles. The van der Waals surface area contributed by atoms with Crippen LogP contribution in [-0.4, -0.2) is 36.8 Å². The van der Waals surface area contributed by atoms with Crippen molar-refractivity contribution >= 4 is 18.3 Å². The highest BCUT2D eigenvalue weighted by atomic mass is 35.5. The van der Waals surface area contributed by atoms with Gasteiger partial charge in [-0.05, 0) is 49.6 Å². The van der Waals surface area contributed by atoms with Crippen molar-refractivity contribution in [1.82, 2.24) is 10.6 Å². The molecule has 1 rings (SSSR count). The van der Waals surface area contributed by atoms with Crippen LogP contribution >= 0.6 is 12.4 Å². The molecule has 0 aromatic carbocycles. The fraction of sp³-hybridized carbons (Fsp3) is 0.938. The lowest BCUT2D eigenvalue weighted by Crippen LogP contribution is -2.36. The summed E-state index contributed by atoms with van der Waals surface area (Å²) in [4.78, 5) is 11.9. The summed E-state index contributed by atoms with van der Waals surface area (Å²) in [5.41, 5.74) is 0.0898. The molecule has 0 spiro atoms. The molecule has 0 aliphatic carbocycles.